The van der Waals surface area contributed by atoms with Crippen LogP contribution in [0.1, 0.15) is 31.9 Å². The minimum Gasteiger partial charge on any atom is -0.324 e. The van der Waals surface area contributed by atoms with E-state index in [1.54, 1.807) is 39.0 Å². The maximum atomic E-state index is 13.1. The van der Waals surface area contributed by atoms with Gasteiger partial charge in [0.15, 0.2) is 0 Å². The Kier molecular flexibility index (Phi) is 8.01. The molecule has 1 aromatic heterocycles. The summed E-state index contributed by atoms with van der Waals surface area (Å²) in [4.78, 5) is 25.0. The molecule has 0 aliphatic heterocycles. The zero-order valence-electron chi connectivity index (χ0n) is 19.9. The lowest BCUT2D eigenvalue weighted by Gasteiger charge is -2.20. The summed E-state index contributed by atoms with van der Waals surface area (Å²) in [7, 11) is -3.67. The summed E-state index contributed by atoms with van der Waals surface area (Å²) < 4.78 is 28.6. The Hall–Kier alpha value is -3.30. The highest BCUT2D eigenvalue weighted by molar-refractivity contribution is 7.89. The highest BCUT2D eigenvalue weighted by atomic mass is 32.2. The van der Waals surface area contributed by atoms with Gasteiger partial charge >= 0.3 is 0 Å². The number of carbonyl (C=O) groups excluding carboxylic acids is 1. The lowest BCUT2D eigenvalue weighted by atomic mass is 10.1. The zero-order valence-corrected chi connectivity index (χ0v) is 20.7. The Morgan fingerprint density at radius 2 is 1.68 bits per heavy atom. The van der Waals surface area contributed by atoms with E-state index in [0.29, 0.717) is 35.6 Å². The highest BCUT2D eigenvalue weighted by Crippen LogP contribution is 2.26. The molecule has 8 nitrogen and oxygen atoms in total. The first-order valence-corrected chi connectivity index (χ1v) is 12.7. The van der Waals surface area contributed by atoms with Crippen LogP contribution in [0.2, 0.25) is 0 Å². The molecule has 0 unspecified atom stereocenters. The smallest absolute Gasteiger partial charge is 0.267 e. The number of nitrogens with one attached hydrogen (secondary N) is 1. The van der Waals surface area contributed by atoms with Crippen molar-refractivity contribution in [2.24, 2.45) is 0 Å². The van der Waals surface area contributed by atoms with E-state index < -0.39 is 15.6 Å². The molecular formula is C25H30N4O4S. The normalized spacial score (nSPS) is 11.6. The van der Waals surface area contributed by atoms with E-state index in [1.165, 1.54) is 16.4 Å². The fourth-order valence-corrected chi connectivity index (χ4v) is 5.33. The maximum absolute atomic E-state index is 13.1. The van der Waals surface area contributed by atoms with Crippen LogP contribution < -0.4 is 10.9 Å². The Balaban J connectivity index is 1.88. The van der Waals surface area contributed by atoms with Crippen LogP contribution in [-0.2, 0) is 27.8 Å². The molecule has 0 bridgehead atoms. The molecule has 1 amide bonds. The van der Waals surface area contributed by atoms with Gasteiger partial charge in [-0.25, -0.2) is 13.1 Å². The van der Waals surface area contributed by atoms with E-state index in [-0.39, 0.29) is 17.3 Å². The fourth-order valence-electron chi connectivity index (χ4n) is 3.62. The van der Waals surface area contributed by atoms with Crippen molar-refractivity contribution in [3.05, 3.63) is 76.1 Å². The lowest BCUT2D eigenvalue weighted by molar-refractivity contribution is -0.117. The fraction of sp³-hybridized carbons (Fsp3) is 0.320. The number of benzene rings is 2. The van der Waals surface area contributed by atoms with Gasteiger partial charge in [0, 0.05) is 30.4 Å². The van der Waals surface area contributed by atoms with E-state index >= 15 is 0 Å². The number of anilines is 1. The highest BCUT2D eigenvalue weighted by Gasteiger charge is 2.24. The molecule has 0 atom stereocenters. The van der Waals surface area contributed by atoms with Crippen LogP contribution in [0.5, 0.6) is 0 Å². The zero-order chi connectivity index (χ0) is 24.9. The first kappa shape index (κ1) is 25.3. The molecule has 180 valence electrons. The van der Waals surface area contributed by atoms with Crippen molar-refractivity contribution in [2.45, 2.75) is 45.6 Å². The van der Waals surface area contributed by atoms with Gasteiger partial charge in [-0.3, -0.25) is 9.59 Å². The van der Waals surface area contributed by atoms with Crippen LogP contribution in [0.3, 0.4) is 0 Å². The lowest BCUT2D eigenvalue weighted by Crippen LogP contribution is -2.31. The molecule has 0 aliphatic carbocycles. The quantitative estimate of drug-likeness (QED) is 0.503. The van der Waals surface area contributed by atoms with E-state index in [2.05, 4.69) is 17.3 Å². The Bertz CT molecular complexity index is 1330. The van der Waals surface area contributed by atoms with Crippen LogP contribution in [-0.4, -0.2) is 41.5 Å². The maximum Gasteiger partial charge on any atom is 0.267 e. The van der Waals surface area contributed by atoms with Gasteiger partial charge in [-0.2, -0.15) is 9.40 Å². The summed E-state index contributed by atoms with van der Waals surface area (Å²) in [5, 5.41) is 7.09. The van der Waals surface area contributed by atoms with Gasteiger partial charge in [0.05, 0.1) is 10.6 Å². The van der Waals surface area contributed by atoms with Crippen LogP contribution in [0.15, 0.2) is 64.3 Å². The molecule has 0 aliphatic rings. The Labute approximate surface area is 200 Å². The van der Waals surface area contributed by atoms with Crippen molar-refractivity contribution < 1.29 is 13.2 Å². The summed E-state index contributed by atoms with van der Waals surface area (Å²) in [6.45, 7) is 7.84. The molecule has 34 heavy (non-hydrogen) atoms. The molecule has 1 heterocycles. The van der Waals surface area contributed by atoms with Crippen molar-refractivity contribution in [2.75, 3.05) is 18.4 Å². The number of hydrogen-bond donors (Lipinski definition) is 1. The van der Waals surface area contributed by atoms with Crippen molar-refractivity contribution in [1.82, 2.24) is 14.1 Å². The number of rotatable bonds is 9. The number of aromatic nitrogens is 2. The van der Waals surface area contributed by atoms with E-state index in [4.69, 9.17) is 0 Å². The molecule has 9 heteroatoms. The second-order valence-electron chi connectivity index (χ2n) is 7.88. The number of amides is 1. The largest absolute Gasteiger partial charge is 0.324 e. The molecule has 3 aromatic rings. The van der Waals surface area contributed by atoms with Gasteiger partial charge in [0.2, 0.25) is 15.9 Å². The number of aryl methyl sites for hydroxylation is 2. The standard InChI is InChI=1S/C25H30N4O4S/c1-5-19-9-12-21(13-10-19)26-24(30)17-29-25(31)15-14-22(27-29)20-11-8-18(4)23(16-20)34(32,33)28(6-2)7-3/h8-16H,5-7,17H2,1-4H3,(H,26,30). The monoisotopic (exact) mass is 482 g/mol. The second-order valence-corrected chi connectivity index (χ2v) is 9.79. The van der Waals surface area contributed by atoms with Crippen LogP contribution in [0.4, 0.5) is 5.69 Å². The van der Waals surface area contributed by atoms with Gasteiger partial charge in [0.25, 0.3) is 5.56 Å². The second kappa shape index (κ2) is 10.8. The van der Waals surface area contributed by atoms with Gasteiger partial charge < -0.3 is 5.32 Å². The van der Waals surface area contributed by atoms with Gasteiger partial charge in [0.1, 0.15) is 6.54 Å². The summed E-state index contributed by atoms with van der Waals surface area (Å²) in [5.74, 6) is -0.385. The van der Waals surface area contributed by atoms with Crippen molar-refractivity contribution in [3.63, 3.8) is 0 Å². The number of nitrogens with zero attached hydrogens (tertiary/aromatic N) is 3. The summed E-state index contributed by atoms with van der Waals surface area (Å²) in [6, 6.07) is 15.4. The topological polar surface area (TPSA) is 101 Å². The third-order valence-corrected chi connectivity index (χ3v) is 7.80. The molecule has 0 spiro atoms. The molecule has 0 saturated carbocycles. The summed E-state index contributed by atoms with van der Waals surface area (Å²) >= 11 is 0. The van der Waals surface area contributed by atoms with E-state index in [9.17, 15) is 18.0 Å². The molecule has 1 N–H and O–H groups in total. The predicted octanol–water partition coefficient (Wildman–Crippen LogP) is 3.45. The van der Waals surface area contributed by atoms with E-state index in [0.717, 1.165) is 16.7 Å². The van der Waals surface area contributed by atoms with Crippen molar-refractivity contribution in [3.8, 4) is 11.3 Å². The summed E-state index contributed by atoms with van der Waals surface area (Å²) in [6.07, 6.45) is 0.900. The van der Waals surface area contributed by atoms with Crippen LogP contribution in [0.25, 0.3) is 11.3 Å². The van der Waals surface area contributed by atoms with Crippen LogP contribution in [0, 0.1) is 6.92 Å². The molecule has 2 aromatic carbocycles. The molecule has 0 fully saturated rings. The Morgan fingerprint density at radius 1 is 1.00 bits per heavy atom. The SMILES string of the molecule is CCc1ccc(NC(=O)Cn2nc(-c3ccc(C)c(S(=O)(=O)N(CC)CC)c3)ccc2=O)cc1. The molecular weight excluding hydrogens is 452 g/mol. The van der Waals surface area contributed by atoms with Crippen LogP contribution >= 0.6 is 0 Å². The Morgan fingerprint density at radius 3 is 2.29 bits per heavy atom. The minimum atomic E-state index is -3.67. The molecule has 0 saturated heterocycles. The minimum absolute atomic E-state index is 0.196. The van der Waals surface area contributed by atoms with Crippen molar-refractivity contribution in [1.29, 1.82) is 0 Å². The van der Waals surface area contributed by atoms with E-state index in [1.807, 2.05) is 24.3 Å². The third kappa shape index (κ3) is 5.60. The van der Waals surface area contributed by atoms with Crippen molar-refractivity contribution >= 4 is 21.6 Å². The third-order valence-electron chi connectivity index (χ3n) is 5.61. The summed E-state index contributed by atoms with van der Waals surface area (Å²) in [5.41, 5.74) is 2.93. The predicted molar refractivity (Wildman–Crippen MR) is 133 cm³/mol. The first-order valence-electron chi connectivity index (χ1n) is 11.3. The molecule has 3 rings (SSSR count). The molecule has 0 radical (unpaired) electrons. The first-order chi connectivity index (χ1) is 16.2. The number of hydrogen-bond acceptors (Lipinski definition) is 5. The number of sulfonamides is 1. The number of carbonyl (C=O) groups is 1. The van der Waals surface area contributed by atoms with Gasteiger partial charge in [-0.1, -0.05) is 45.0 Å². The van der Waals surface area contributed by atoms with Gasteiger partial charge in [-0.05, 0) is 48.7 Å². The average molecular weight is 483 g/mol. The van der Waals surface area contributed by atoms with Gasteiger partial charge in [-0.15, -0.1) is 0 Å². The average Bonchev–Trinajstić information content (AvgIpc) is 2.82.